The van der Waals surface area contributed by atoms with Gasteiger partial charge in [-0.3, -0.25) is 0 Å². The standard InChI is InChI=1S/C11H15F2NO/c12-8-4-5-10(13)9(7-8)11(14)3-1-2-6-15/h4-5,7,11,15H,1-3,6,14H2. The van der Waals surface area contributed by atoms with Gasteiger partial charge in [-0.25, -0.2) is 8.78 Å². The SMILES string of the molecule is NC(CCCCO)c1cc(F)ccc1F. The van der Waals surface area contributed by atoms with Crippen LogP contribution in [0.3, 0.4) is 0 Å². The van der Waals surface area contributed by atoms with Crippen molar-refractivity contribution in [3.05, 3.63) is 35.4 Å². The zero-order chi connectivity index (χ0) is 11.3. The summed E-state index contributed by atoms with van der Waals surface area (Å²) in [6, 6.07) is 2.77. The summed E-state index contributed by atoms with van der Waals surface area (Å²) in [5, 5.41) is 8.57. The average Bonchev–Trinajstić information content (AvgIpc) is 2.22. The quantitative estimate of drug-likeness (QED) is 0.739. The number of aliphatic hydroxyl groups excluding tert-OH is 1. The molecule has 0 fully saturated rings. The Bertz CT molecular complexity index is 317. The lowest BCUT2D eigenvalue weighted by molar-refractivity contribution is 0.281. The first kappa shape index (κ1) is 12.1. The second-order valence-corrected chi connectivity index (χ2v) is 3.49. The van der Waals surface area contributed by atoms with Gasteiger partial charge in [0.25, 0.3) is 0 Å². The summed E-state index contributed by atoms with van der Waals surface area (Å²) in [4.78, 5) is 0. The molecule has 0 radical (unpaired) electrons. The summed E-state index contributed by atoms with van der Waals surface area (Å²) in [5.74, 6) is -0.961. The molecule has 1 rings (SSSR count). The molecule has 3 N–H and O–H groups in total. The fraction of sp³-hybridized carbons (Fsp3) is 0.455. The molecule has 1 atom stereocenters. The van der Waals surface area contributed by atoms with Crippen molar-refractivity contribution in [2.75, 3.05) is 6.61 Å². The lowest BCUT2D eigenvalue weighted by Gasteiger charge is -2.12. The molecule has 0 aliphatic rings. The fourth-order valence-electron chi connectivity index (χ4n) is 1.43. The molecule has 1 unspecified atom stereocenters. The van der Waals surface area contributed by atoms with Crippen molar-refractivity contribution >= 4 is 0 Å². The maximum Gasteiger partial charge on any atom is 0.128 e. The highest BCUT2D eigenvalue weighted by atomic mass is 19.1. The van der Waals surface area contributed by atoms with Gasteiger partial charge in [-0.1, -0.05) is 0 Å². The molecule has 4 heteroatoms. The van der Waals surface area contributed by atoms with E-state index < -0.39 is 17.7 Å². The van der Waals surface area contributed by atoms with Crippen molar-refractivity contribution in [2.45, 2.75) is 25.3 Å². The van der Waals surface area contributed by atoms with E-state index in [0.717, 1.165) is 18.2 Å². The Hall–Kier alpha value is -1.00. The van der Waals surface area contributed by atoms with E-state index in [1.54, 1.807) is 0 Å². The van der Waals surface area contributed by atoms with E-state index in [1.165, 1.54) is 0 Å². The molecule has 0 spiro atoms. The Morgan fingerprint density at radius 1 is 1.27 bits per heavy atom. The molecular formula is C11H15F2NO. The Kier molecular flexibility index (Phi) is 4.65. The van der Waals surface area contributed by atoms with E-state index in [-0.39, 0.29) is 12.2 Å². The highest BCUT2D eigenvalue weighted by Crippen LogP contribution is 2.20. The van der Waals surface area contributed by atoms with Crippen molar-refractivity contribution < 1.29 is 13.9 Å². The minimum Gasteiger partial charge on any atom is -0.396 e. The molecule has 1 aromatic carbocycles. The predicted octanol–water partition coefficient (Wildman–Crippen LogP) is 2.13. The summed E-state index contributed by atoms with van der Waals surface area (Å²) < 4.78 is 26.1. The summed E-state index contributed by atoms with van der Waals surface area (Å²) in [6.07, 6.45) is 1.87. The number of nitrogens with two attached hydrogens (primary N) is 1. The van der Waals surface area contributed by atoms with Crippen molar-refractivity contribution in [1.82, 2.24) is 0 Å². The van der Waals surface area contributed by atoms with Crippen LogP contribution in [-0.4, -0.2) is 11.7 Å². The zero-order valence-corrected chi connectivity index (χ0v) is 8.42. The van der Waals surface area contributed by atoms with Gasteiger partial charge >= 0.3 is 0 Å². The Morgan fingerprint density at radius 2 is 2.00 bits per heavy atom. The van der Waals surface area contributed by atoms with Crippen molar-refractivity contribution in [3.8, 4) is 0 Å². The summed E-state index contributed by atoms with van der Waals surface area (Å²) in [7, 11) is 0. The lowest BCUT2D eigenvalue weighted by Crippen LogP contribution is -2.12. The van der Waals surface area contributed by atoms with Crippen LogP contribution in [0.2, 0.25) is 0 Å². The van der Waals surface area contributed by atoms with E-state index in [2.05, 4.69) is 0 Å². The van der Waals surface area contributed by atoms with Crippen LogP contribution >= 0.6 is 0 Å². The topological polar surface area (TPSA) is 46.2 Å². The van der Waals surface area contributed by atoms with Gasteiger partial charge in [0.1, 0.15) is 11.6 Å². The maximum atomic E-state index is 13.2. The van der Waals surface area contributed by atoms with Crippen molar-refractivity contribution in [1.29, 1.82) is 0 Å². The molecule has 0 saturated heterocycles. The van der Waals surface area contributed by atoms with Gasteiger partial charge in [0, 0.05) is 18.2 Å². The average molecular weight is 215 g/mol. The molecule has 1 aromatic rings. The van der Waals surface area contributed by atoms with Gasteiger partial charge in [-0.05, 0) is 37.5 Å². The van der Waals surface area contributed by atoms with Gasteiger partial charge in [0.05, 0.1) is 0 Å². The Balaban J connectivity index is 2.64. The number of unbranched alkanes of at least 4 members (excludes halogenated alkanes) is 1. The third-order valence-electron chi connectivity index (χ3n) is 2.28. The highest BCUT2D eigenvalue weighted by Gasteiger charge is 2.11. The number of benzene rings is 1. The van der Waals surface area contributed by atoms with E-state index in [1.807, 2.05) is 0 Å². The lowest BCUT2D eigenvalue weighted by atomic mass is 10.0. The summed E-state index contributed by atoms with van der Waals surface area (Å²) >= 11 is 0. The first-order valence-corrected chi connectivity index (χ1v) is 4.96. The first-order valence-electron chi connectivity index (χ1n) is 4.96. The summed E-state index contributed by atoms with van der Waals surface area (Å²) in [5.41, 5.74) is 5.92. The van der Waals surface area contributed by atoms with Gasteiger partial charge in [-0.2, -0.15) is 0 Å². The molecule has 0 bridgehead atoms. The van der Waals surface area contributed by atoms with Crippen LogP contribution in [0, 0.1) is 11.6 Å². The third-order valence-corrected chi connectivity index (χ3v) is 2.28. The maximum absolute atomic E-state index is 13.2. The van der Waals surface area contributed by atoms with E-state index in [0.29, 0.717) is 19.3 Å². The van der Waals surface area contributed by atoms with Crippen LogP contribution in [0.4, 0.5) is 8.78 Å². The minimum atomic E-state index is -0.507. The minimum absolute atomic E-state index is 0.0956. The second kappa shape index (κ2) is 5.78. The number of rotatable bonds is 5. The molecule has 0 aromatic heterocycles. The third kappa shape index (κ3) is 3.57. The molecule has 2 nitrogen and oxygen atoms in total. The van der Waals surface area contributed by atoms with Crippen LogP contribution in [0.5, 0.6) is 0 Å². The number of halogens is 2. The molecule has 0 heterocycles. The van der Waals surface area contributed by atoms with Crippen LogP contribution < -0.4 is 5.73 Å². The molecule has 0 saturated carbocycles. The van der Waals surface area contributed by atoms with Crippen molar-refractivity contribution in [3.63, 3.8) is 0 Å². The Morgan fingerprint density at radius 3 is 2.67 bits per heavy atom. The van der Waals surface area contributed by atoms with Gasteiger partial charge < -0.3 is 10.8 Å². The number of aliphatic hydroxyl groups is 1. The smallest absolute Gasteiger partial charge is 0.128 e. The first-order chi connectivity index (χ1) is 7.15. The predicted molar refractivity (Wildman–Crippen MR) is 54.2 cm³/mol. The van der Waals surface area contributed by atoms with Crippen LogP contribution in [-0.2, 0) is 0 Å². The van der Waals surface area contributed by atoms with E-state index in [4.69, 9.17) is 10.8 Å². The van der Waals surface area contributed by atoms with Crippen LogP contribution in [0.1, 0.15) is 30.9 Å². The monoisotopic (exact) mass is 215 g/mol. The molecule has 0 amide bonds. The molecule has 84 valence electrons. The van der Waals surface area contributed by atoms with E-state index in [9.17, 15) is 8.78 Å². The molecular weight excluding hydrogens is 200 g/mol. The number of hydrogen-bond donors (Lipinski definition) is 2. The van der Waals surface area contributed by atoms with Crippen LogP contribution in [0.25, 0.3) is 0 Å². The summed E-state index contributed by atoms with van der Waals surface area (Å²) in [6.45, 7) is 0.0956. The number of hydrogen-bond acceptors (Lipinski definition) is 2. The highest BCUT2D eigenvalue weighted by molar-refractivity contribution is 5.21. The van der Waals surface area contributed by atoms with Crippen LogP contribution in [0.15, 0.2) is 18.2 Å². The second-order valence-electron chi connectivity index (χ2n) is 3.49. The largest absolute Gasteiger partial charge is 0.396 e. The molecule has 15 heavy (non-hydrogen) atoms. The zero-order valence-electron chi connectivity index (χ0n) is 8.42. The van der Waals surface area contributed by atoms with Crippen molar-refractivity contribution in [2.24, 2.45) is 5.73 Å². The Labute approximate surface area is 87.7 Å². The molecule has 0 aliphatic carbocycles. The van der Waals surface area contributed by atoms with Gasteiger partial charge in [0.2, 0.25) is 0 Å². The normalized spacial score (nSPS) is 12.8. The van der Waals surface area contributed by atoms with Gasteiger partial charge in [-0.15, -0.1) is 0 Å². The molecule has 0 aliphatic heterocycles. The van der Waals surface area contributed by atoms with E-state index >= 15 is 0 Å². The van der Waals surface area contributed by atoms with Gasteiger partial charge in [0.15, 0.2) is 0 Å². The fourth-order valence-corrected chi connectivity index (χ4v) is 1.43.